The van der Waals surface area contributed by atoms with Crippen molar-refractivity contribution < 1.29 is 19.1 Å². The molecule has 0 saturated carbocycles. The van der Waals surface area contributed by atoms with Crippen molar-refractivity contribution in [3.05, 3.63) is 29.8 Å². The number of rotatable bonds is 7. The molecule has 1 aliphatic heterocycles. The van der Waals surface area contributed by atoms with Crippen molar-refractivity contribution in [1.29, 1.82) is 0 Å². The van der Waals surface area contributed by atoms with E-state index in [9.17, 15) is 9.59 Å². The fraction of sp³-hybridized carbons (Fsp3) is 0.526. The summed E-state index contributed by atoms with van der Waals surface area (Å²) in [5, 5.41) is 2.78. The summed E-state index contributed by atoms with van der Waals surface area (Å²) in [6, 6.07) is 6.75. The summed E-state index contributed by atoms with van der Waals surface area (Å²) >= 11 is 0. The number of benzene rings is 1. The minimum absolute atomic E-state index is 0.0777. The molecule has 7 heteroatoms. The van der Waals surface area contributed by atoms with Crippen LogP contribution in [0, 0.1) is 5.92 Å². The lowest BCUT2D eigenvalue weighted by Gasteiger charge is -2.30. The van der Waals surface area contributed by atoms with Gasteiger partial charge in [0.25, 0.3) is 0 Å². The standard InChI is InChI=1S/C19H27N3O4/c1-12(2)25-10-11-26-18(23)16-13(3)20-19(24)21-17(16)14-6-8-15(9-7-14)22(4)5/h6-9,12,16-17H,10-11H2,1-5H3,(H,21,24). The molecule has 0 aromatic heterocycles. The fourth-order valence-corrected chi connectivity index (χ4v) is 2.80. The third kappa shape index (κ3) is 5.05. The lowest BCUT2D eigenvalue weighted by atomic mass is 9.88. The Balaban J connectivity index is 2.15. The number of aliphatic imine (C=N–C) groups is 1. The van der Waals surface area contributed by atoms with Gasteiger partial charge in [-0.1, -0.05) is 12.1 Å². The smallest absolute Gasteiger partial charge is 0.341 e. The highest BCUT2D eigenvalue weighted by Crippen LogP contribution is 2.29. The molecule has 2 rings (SSSR count). The van der Waals surface area contributed by atoms with Crippen LogP contribution in [0.25, 0.3) is 0 Å². The first kappa shape index (κ1) is 19.9. The maximum atomic E-state index is 12.6. The summed E-state index contributed by atoms with van der Waals surface area (Å²) in [6.45, 7) is 6.02. The van der Waals surface area contributed by atoms with Gasteiger partial charge < -0.3 is 19.7 Å². The molecular weight excluding hydrogens is 334 g/mol. The predicted molar refractivity (Wildman–Crippen MR) is 101 cm³/mol. The molecular formula is C19H27N3O4. The zero-order chi connectivity index (χ0) is 19.3. The van der Waals surface area contributed by atoms with Crippen LogP contribution in [0.4, 0.5) is 10.5 Å². The van der Waals surface area contributed by atoms with Gasteiger partial charge >= 0.3 is 12.0 Å². The van der Waals surface area contributed by atoms with Crippen LogP contribution in [0.5, 0.6) is 0 Å². The van der Waals surface area contributed by atoms with E-state index in [1.807, 2.05) is 57.1 Å². The first-order chi connectivity index (χ1) is 12.3. The molecule has 1 aromatic carbocycles. The molecule has 1 heterocycles. The van der Waals surface area contributed by atoms with E-state index < -0.39 is 24.0 Å². The van der Waals surface area contributed by atoms with Gasteiger partial charge in [0.05, 0.1) is 18.8 Å². The molecule has 2 unspecified atom stereocenters. The number of urea groups is 1. The van der Waals surface area contributed by atoms with Gasteiger partial charge in [-0.25, -0.2) is 9.79 Å². The lowest BCUT2D eigenvalue weighted by Crippen LogP contribution is -2.44. The number of anilines is 1. The molecule has 1 aromatic rings. The van der Waals surface area contributed by atoms with Crippen molar-refractivity contribution in [2.24, 2.45) is 10.9 Å². The van der Waals surface area contributed by atoms with E-state index in [1.54, 1.807) is 6.92 Å². The number of hydrogen-bond donors (Lipinski definition) is 1. The molecule has 0 spiro atoms. The number of esters is 1. The molecule has 142 valence electrons. The quantitative estimate of drug-likeness (QED) is 0.596. The highest BCUT2D eigenvalue weighted by molar-refractivity contribution is 6.08. The van der Waals surface area contributed by atoms with E-state index in [0.717, 1.165) is 11.3 Å². The van der Waals surface area contributed by atoms with Gasteiger partial charge in [-0.2, -0.15) is 0 Å². The summed E-state index contributed by atoms with van der Waals surface area (Å²) in [7, 11) is 3.90. The zero-order valence-corrected chi connectivity index (χ0v) is 16.0. The Hall–Kier alpha value is -2.41. The van der Waals surface area contributed by atoms with Crippen molar-refractivity contribution in [3.8, 4) is 0 Å². The molecule has 2 atom stereocenters. The minimum Gasteiger partial charge on any atom is -0.463 e. The summed E-state index contributed by atoms with van der Waals surface area (Å²) in [6.07, 6.45) is 0.0777. The number of nitrogens with zero attached hydrogens (tertiary/aromatic N) is 2. The average molecular weight is 361 g/mol. The maximum absolute atomic E-state index is 12.6. The Morgan fingerprint density at radius 2 is 1.88 bits per heavy atom. The zero-order valence-electron chi connectivity index (χ0n) is 16.0. The Bertz CT molecular complexity index is 668. The van der Waals surface area contributed by atoms with Crippen molar-refractivity contribution in [1.82, 2.24) is 5.32 Å². The second kappa shape index (κ2) is 8.80. The first-order valence-corrected chi connectivity index (χ1v) is 8.70. The summed E-state index contributed by atoms with van der Waals surface area (Å²) in [5.74, 6) is -1.07. The molecule has 0 radical (unpaired) electrons. The molecule has 0 bridgehead atoms. The van der Waals surface area contributed by atoms with Gasteiger partial charge in [0.1, 0.15) is 12.5 Å². The van der Waals surface area contributed by atoms with E-state index in [1.165, 1.54) is 0 Å². The number of carbonyl (C=O) groups excluding carboxylic acids is 2. The monoisotopic (exact) mass is 361 g/mol. The van der Waals surface area contributed by atoms with Crippen LogP contribution in [-0.2, 0) is 14.3 Å². The normalized spacial score (nSPS) is 19.8. The van der Waals surface area contributed by atoms with Crippen LogP contribution in [0.1, 0.15) is 32.4 Å². The van der Waals surface area contributed by atoms with E-state index >= 15 is 0 Å². The van der Waals surface area contributed by atoms with Crippen LogP contribution in [0.2, 0.25) is 0 Å². The maximum Gasteiger partial charge on any atom is 0.341 e. The van der Waals surface area contributed by atoms with Crippen molar-refractivity contribution in [3.63, 3.8) is 0 Å². The van der Waals surface area contributed by atoms with Crippen molar-refractivity contribution in [2.75, 3.05) is 32.2 Å². The fourth-order valence-electron chi connectivity index (χ4n) is 2.80. The number of amides is 2. The van der Waals surface area contributed by atoms with Crippen LogP contribution in [0.15, 0.2) is 29.3 Å². The first-order valence-electron chi connectivity index (χ1n) is 8.70. The number of ether oxygens (including phenoxy) is 2. The summed E-state index contributed by atoms with van der Waals surface area (Å²) < 4.78 is 10.7. The summed E-state index contributed by atoms with van der Waals surface area (Å²) in [4.78, 5) is 30.3. The molecule has 26 heavy (non-hydrogen) atoms. The molecule has 0 aliphatic carbocycles. The van der Waals surface area contributed by atoms with Gasteiger partial charge in [0.15, 0.2) is 0 Å². The Kier molecular flexibility index (Phi) is 6.74. The van der Waals surface area contributed by atoms with Gasteiger partial charge in [-0.05, 0) is 38.5 Å². The molecule has 1 aliphatic rings. The van der Waals surface area contributed by atoms with E-state index in [2.05, 4.69) is 10.3 Å². The van der Waals surface area contributed by atoms with Crippen molar-refractivity contribution >= 4 is 23.4 Å². The van der Waals surface area contributed by atoms with Crippen LogP contribution in [0.3, 0.4) is 0 Å². The third-order valence-electron chi connectivity index (χ3n) is 4.14. The minimum atomic E-state index is -0.656. The molecule has 1 N–H and O–H groups in total. The number of nitrogens with one attached hydrogen (secondary N) is 1. The summed E-state index contributed by atoms with van der Waals surface area (Å²) in [5.41, 5.74) is 2.31. The Morgan fingerprint density at radius 1 is 1.23 bits per heavy atom. The Labute approximate surface area is 154 Å². The van der Waals surface area contributed by atoms with E-state index in [-0.39, 0.29) is 12.7 Å². The lowest BCUT2D eigenvalue weighted by molar-refractivity contribution is -0.149. The van der Waals surface area contributed by atoms with Gasteiger partial charge in [-0.15, -0.1) is 0 Å². The molecule has 2 amide bonds. The van der Waals surface area contributed by atoms with E-state index in [0.29, 0.717) is 12.3 Å². The number of hydrogen-bond acceptors (Lipinski definition) is 5. The molecule has 7 nitrogen and oxygen atoms in total. The largest absolute Gasteiger partial charge is 0.463 e. The highest BCUT2D eigenvalue weighted by atomic mass is 16.6. The second-order valence-electron chi connectivity index (χ2n) is 6.73. The highest BCUT2D eigenvalue weighted by Gasteiger charge is 2.37. The molecule has 0 fully saturated rings. The van der Waals surface area contributed by atoms with Gasteiger partial charge in [0.2, 0.25) is 0 Å². The average Bonchev–Trinajstić information content (AvgIpc) is 2.57. The second-order valence-corrected chi connectivity index (χ2v) is 6.73. The number of carbonyl (C=O) groups is 2. The van der Waals surface area contributed by atoms with Gasteiger partial charge in [0, 0.05) is 25.5 Å². The van der Waals surface area contributed by atoms with Crippen LogP contribution in [-0.4, -0.2) is 51.1 Å². The predicted octanol–water partition coefficient (Wildman–Crippen LogP) is 2.56. The van der Waals surface area contributed by atoms with Crippen LogP contribution >= 0.6 is 0 Å². The Morgan fingerprint density at radius 3 is 2.46 bits per heavy atom. The van der Waals surface area contributed by atoms with Crippen LogP contribution < -0.4 is 10.2 Å². The van der Waals surface area contributed by atoms with Gasteiger partial charge in [-0.3, -0.25) is 4.79 Å². The third-order valence-corrected chi connectivity index (χ3v) is 4.14. The van der Waals surface area contributed by atoms with Crippen molar-refractivity contribution in [2.45, 2.75) is 32.9 Å². The molecule has 0 saturated heterocycles. The topological polar surface area (TPSA) is 80.2 Å². The SMILES string of the molecule is CC1=NC(=O)NC(c2ccc(N(C)C)cc2)C1C(=O)OCCOC(C)C. The van der Waals surface area contributed by atoms with E-state index in [4.69, 9.17) is 9.47 Å².